The van der Waals surface area contributed by atoms with Gasteiger partial charge in [0.15, 0.2) is 6.61 Å². The number of carbonyl (C=O) groups excluding carboxylic acids is 3. The van der Waals surface area contributed by atoms with E-state index in [2.05, 4.69) is 21.2 Å². The van der Waals surface area contributed by atoms with Crippen LogP contribution in [0.5, 0.6) is 5.75 Å². The lowest BCUT2D eigenvalue weighted by Gasteiger charge is -2.10. The second kappa shape index (κ2) is 12.9. The molecule has 0 bridgehead atoms. The Balaban J connectivity index is 1.86. The van der Waals surface area contributed by atoms with Crippen LogP contribution < -0.4 is 20.8 Å². The van der Waals surface area contributed by atoms with Crippen molar-refractivity contribution < 1.29 is 23.9 Å². The molecular formula is C23H28N4O5. The third kappa shape index (κ3) is 8.19. The topological polar surface area (TPSA) is 118 Å². The second-order valence-corrected chi connectivity index (χ2v) is 6.98. The Morgan fingerprint density at radius 1 is 1.03 bits per heavy atom. The minimum atomic E-state index is -0.884. The molecule has 32 heavy (non-hydrogen) atoms. The van der Waals surface area contributed by atoms with Crippen molar-refractivity contribution in [3.63, 3.8) is 0 Å². The minimum Gasteiger partial charge on any atom is -0.483 e. The van der Waals surface area contributed by atoms with Crippen molar-refractivity contribution >= 4 is 29.6 Å². The normalized spacial score (nSPS) is 10.6. The lowest BCUT2D eigenvalue weighted by atomic mass is 10.1. The minimum absolute atomic E-state index is 0.200. The molecule has 9 nitrogen and oxygen atoms in total. The first-order valence-electron chi connectivity index (χ1n) is 10.1. The molecule has 3 N–H and O–H groups in total. The fourth-order valence-corrected chi connectivity index (χ4v) is 2.59. The molecule has 0 aliphatic rings. The molecule has 9 heteroatoms. The van der Waals surface area contributed by atoms with E-state index in [1.165, 1.54) is 6.21 Å². The molecular weight excluding hydrogens is 412 g/mol. The molecule has 2 aromatic rings. The highest BCUT2D eigenvalue weighted by atomic mass is 16.5. The van der Waals surface area contributed by atoms with Crippen LogP contribution in [0.15, 0.2) is 47.6 Å². The molecule has 0 aliphatic heterocycles. The molecule has 2 aromatic carbocycles. The number of rotatable bonds is 10. The van der Waals surface area contributed by atoms with Gasteiger partial charge in [-0.3, -0.25) is 14.4 Å². The number of hydrogen-bond acceptors (Lipinski definition) is 6. The van der Waals surface area contributed by atoms with E-state index in [1.54, 1.807) is 31.4 Å². The molecule has 0 unspecified atom stereocenters. The molecule has 0 radical (unpaired) electrons. The standard InChI is InChI=1S/C23H28N4O5/c1-16-9-10-19(13-17(16)2)26-21(28)15-32-20-8-5-4-7-18(20)14-25-27-23(30)22(29)24-11-6-12-31-3/h4-5,7-10,13-14H,6,11-12,15H2,1-3H3,(H,24,29)(H,26,28)(H,27,30)/b25-14+. The number of hydrogen-bond donors (Lipinski definition) is 3. The molecule has 0 saturated heterocycles. The van der Waals surface area contributed by atoms with Gasteiger partial charge in [-0.15, -0.1) is 0 Å². The zero-order chi connectivity index (χ0) is 23.3. The summed E-state index contributed by atoms with van der Waals surface area (Å²) in [4.78, 5) is 35.7. The van der Waals surface area contributed by atoms with Gasteiger partial charge in [-0.2, -0.15) is 5.10 Å². The van der Waals surface area contributed by atoms with E-state index in [9.17, 15) is 14.4 Å². The average Bonchev–Trinajstić information content (AvgIpc) is 2.78. The molecule has 0 spiro atoms. The molecule has 170 valence electrons. The van der Waals surface area contributed by atoms with E-state index in [-0.39, 0.29) is 12.5 Å². The summed E-state index contributed by atoms with van der Waals surface area (Å²) < 4.78 is 10.5. The van der Waals surface area contributed by atoms with E-state index in [0.717, 1.165) is 11.1 Å². The number of nitrogens with zero attached hydrogens (tertiary/aromatic N) is 1. The number of amides is 3. The maximum atomic E-state index is 12.2. The maximum Gasteiger partial charge on any atom is 0.329 e. The van der Waals surface area contributed by atoms with Gasteiger partial charge in [-0.1, -0.05) is 18.2 Å². The summed E-state index contributed by atoms with van der Waals surface area (Å²) in [6.45, 7) is 4.58. The Morgan fingerprint density at radius 2 is 1.81 bits per heavy atom. The third-order valence-corrected chi connectivity index (χ3v) is 4.46. The first kappa shape index (κ1) is 24.5. The number of benzene rings is 2. The smallest absolute Gasteiger partial charge is 0.329 e. The SMILES string of the molecule is COCCCNC(=O)C(=O)N/N=C/c1ccccc1OCC(=O)Nc1ccc(C)c(C)c1. The van der Waals surface area contributed by atoms with Crippen LogP contribution in [0.2, 0.25) is 0 Å². The van der Waals surface area contributed by atoms with Gasteiger partial charge in [0.2, 0.25) is 0 Å². The average molecular weight is 441 g/mol. The Kier molecular flexibility index (Phi) is 9.86. The molecule has 2 rings (SSSR count). The summed E-state index contributed by atoms with van der Waals surface area (Å²) in [5, 5.41) is 9.04. The zero-order valence-electron chi connectivity index (χ0n) is 18.4. The van der Waals surface area contributed by atoms with Crippen LogP contribution in [0.1, 0.15) is 23.1 Å². The molecule has 0 fully saturated rings. The first-order valence-corrected chi connectivity index (χ1v) is 10.1. The van der Waals surface area contributed by atoms with Gasteiger partial charge >= 0.3 is 11.8 Å². The summed E-state index contributed by atoms with van der Waals surface area (Å²) in [7, 11) is 1.56. The van der Waals surface area contributed by atoms with Crippen molar-refractivity contribution in [1.82, 2.24) is 10.7 Å². The van der Waals surface area contributed by atoms with E-state index in [0.29, 0.717) is 36.6 Å². The van der Waals surface area contributed by atoms with Crippen molar-refractivity contribution in [2.45, 2.75) is 20.3 Å². The van der Waals surface area contributed by atoms with Crippen LogP contribution in [-0.2, 0) is 19.1 Å². The molecule has 0 saturated carbocycles. The number of carbonyl (C=O) groups is 3. The van der Waals surface area contributed by atoms with Crippen LogP contribution >= 0.6 is 0 Å². The highest BCUT2D eigenvalue weighted by molar-refractivity contribution is 6.35. The predicted molar refractivity (Wildman–Crippen MR) is 122 cm³/mol. The summed E-state index contributed by atoms with van der Waals surface area (Å²) in [6.07, 6.45) is 1.94. The quantitative estimate of drug-likeness (QED) is 0.226. The third-order valence-electron chi connectivity index (χ3n) is 4.46. The Hall–Kier alpha value is -3.72. The monoisotopic (exact) mass is 440 g/mol. The fourth-order valence-electron chi connectivity index (χ4n) is 2.59. The fraction of sp³-hybridized carbons (Fsp3) is 0.304. The number of methoxy groups -OCH3 is 1. The van der Waals surface area contributed by atoms with E-state index < -0.39 is 11.8 Å². The summed E-state index contributed by atoms with van der Waals surface area (Å²) in [6, 6.07) is 12.5. The molecule has 0 heterocycles. The Bertz CT molecular complexity index is 975. The summed E-state index contributed by atoms with van der Waals surface area (Å²) >= 11 is 0. The Labute approximate surface area is 187 Å². The van der Waals surface area contributed by atoms with Crippen molar-refractivity contribution in [1.29, 1.82) is 0 Å². The van der Waals surface area contributed by atoms with Gasteiger partial charge in [-0.05, 0) is 55.7 Å². The van der Waals surface area contributed by atoms with Crippen molar-refractivity contribution in [2.75, 3.05) is 32.2 Å². The van der Waals surface area contributed by atoms with Crippen LogP contribution in [0, 0.1) is 13.8 Å². The van der Waals surface area contributed by atoms with Crippen LogP contribution in [0.4, 0.5) is 5.69 Å². The number of anilines is 1. The van der Waals surface area contributed by atoms with E-state index in [1.807, 2.05) is 32.0 Å². The molecule has 0 atom stereocenters. The second-order valence-electron chi connectivity index (χ2n) is 6.98. The summed E-state index contributed by atoms with van der Waals surface area (Å²) in [5.74, 6) is -1.57. The maximum absolute atomic E-state index is 12.2. The predicted octanol–water partition coefficient (Wildman–Crippen LogP) is 1.92. The molecule has 0 aromatic heterocycles. The van der Waals surface area contributed by atoms with Crippen LogP contribution in [0.3, 0.4) is 0 Å². The van der Waals surface area contributed by atoms with Crippen molar-refractivity contribution in [2.24, 2.45) is 5.10 Å². The lowest BCUT2D eigenvalue weighted by Crippen LogP contribution is -2.38. The number of aryl methyl sites for hydroxylation is 2. The largest absolute Gasteiger partial charge is 0.483 e. The Morgan fingerprint density at radius 3 is 2.56 bits per heavy atom. The van der Waals surface area contributed by atoms with Gasteiger partial charge < -0.3 is 20.1 Å². The molecule has 3 amide bonds. The van der Waals surface area contributed by atoms with Gasteiger partial charge in [0.25, 0.3) is 5.91 Å². The van der Waals surface area contributed by atoms with Crippen molar-refractivity contribution in [3.05, 3.63) is 59.2 Å². The molecule has 0 aliphatic carbocycles. The van der Waals surface area contributed by atoms with Crippen LogP contribution in [0.25, 0.3) is 0 Å². The number of nitrogens with one attached hydrogen (secondary N) is 3. The zero-order valence-corrected chi connectivity index (χ0v) is 18.4. The number of para-hydroxylation sites is 1. The lowest BCUT2D eigenvalue weighted by molar-refractivity contribution is -0.139. The van der Waals surface area contributed by atoms with Gasteiger partial charge in [0.05, 0.1) is 6.21 Å². The highest BCUT2D eigenvalue weighted by Crippen LogP contribution is 2.17. The van der Waals surface area contributed by atoms with Gasteiger partial charge in [-0.25, -0.2) is 5.43 Å². The number of ether oxygens (including phenoxy) is 2. The number of hydrazone groups is 1. The van der Waals surface area contributed by atoms with Gasteiger partial charge in [0, 0.05) is 31.5 Å². The first-order chi connectivity index (χ1) is 15.4. The summed E-state index contributed by atoms with van der Waals surface area (Å²) in [5.41, 5.74) is 5.61. The highest BCUT2D eigenvalue weighted by Gasteiger charge is 2.12. The van der Waals surface area contributed by atoms with E-state index in [4.69, 9.17) is 9.47 Å². The van der Waals surface area contributed by atoms with Crippen LogP contribution in [-0.4, -0.2) is 50.8 Å². The van der Waals surface area contributed by atoms with Gasteiger partial charge in [0.1, 0.15) is 5.75 Å². The van der Waals surface area contributed by atoms with Crippen molar-refractivity contribution in [3.8, 4) is 5.75 Å². The van der Waals surface area contributed by atoms with E-state index >= 15 is 0 Å².